The van der Waals surface area contributed by atoms with Crippen LogP contribution in [0.2, 0.25) is 5.02 Å². The van der Waals surface area contributed by atoms with E-state index in [1.165, 1.54) is 18.2 Å². The summed E-state index contributed by atoms with van der Waals surface area (Å²) >= 11 is 5.70. The topological polar surface area (TPSA) is 46.5 Å². The maximum Gasteiger partial charge on any atom is 0.327 e. The van der Waals surface area contributed by atoms with Crippen molar-refractivity contribution >= 4 is 20.3 Å². The molecule has 0 heterocycles. The fraction of sp³-hybridized carbons (Fsp3) is 0.333. The van der Waals surface area contributed by atoms with Gasteiger partial charge in [-0.05, 0) is 18.2 Å². The second-order valence-electron chi connectivity index (χ2n) is 2.85. The molecule has 0 unspecified atom stereocenters. The summed E-state index contributed by atoms with van der Waals surface area (Å²) in [5.41, 5.74) is 0.194. The second kappa shape index (κ2) is 6.13. The Bertz CT molecular complexity index is 348. The van der Waals surface area contributed by atoms with Crippen molar-refractivity contribution in [2.75, 3.05) is 6.61 Å². The molecule has 0 saturated carbocycles. The number of rotatable bonds is 5. The Morgan fingerprint density at radius 3 is 2.93 bits per heavy atom. The second-order valence-corrected chi connectivity index (χ2v) is 3.64. The first kappa shape index (κ1) is 12.5. The molecule has 0 fully saturated rings. The van der Waals surface area contributed by atoms with E-state index in [2.05, 4.69) is 0 Å². The van der Waals surface area contributed by atoms with Gasteiger partial charge in [-0.3, -0.25) is 4.52 Å². The summed E-state index contributed by atoms with van der Waals surface area (Å²) in [6.07, 6.45) is -0.597. The Labute approximate surface area is 93.1 Å². The Morgan fingerprint density at radius 2 is 2.33 bits per heavy atom. The van der Waals surface area contributed by atoms with E-state index in [0.29, 0.717) is 5.02 Å². The summed E-state index contributed by atoms with van der Waals surface area (Å²) in [6, 6.07) is 4.00. The van der Waals surface area contributed by atoms with Gasteiger partial charge in [-0.2, -0.15) is 0 Å². The molecule has 0 amide bonds. The van der Waals surface area contributed by atoms with Crippen molar-refractivity contribution < 1.29 is 18.6 Å². The molecule has 1 aromatic carbocycles. The molecule has 0 spiro atoms. The minimum atomic E-state index is -0.757. The van der Waals surface area contributed by atoms with Crippen LogP contribution in [-0.2, 0) is 9.09 Å². The van der Waals surface area contributed by atoms with Crippen LogP contribution >= 0.6 is 20.3 Å². The van der Waals surface area contributed by atoms with Crippen LogP contribution in [0.25, 0.3) is 0 Å². The summed E-state index contributed by atoms with van der Waals surface area (Å²) < 4.78 is 28.4. The van der Waals surface area contributed by atoms with Crippen molar-refractivity contribution in [1.82, 2.24) is 0 Å². The van der Waals surface area contributed by atoms with Crippen LogP contribution in [-0.4, -0.2) is 11.7 Å². The highest BCUT2D eigenvalue weighted by Gasteiger charge is 2.16. The largest absolute Gasteiger partial charge is 0.396 e. The molecule has 0 radical (unpaired) electrons. The summed E-state index contributed by atoms with van der Waals surface area (Å²) in [5.74, 6) is -0.499. The van der Waals surface area contributed by atoms with E-state index in [1.807, 2.05) is 0 Å². The Balaban J connectivity index is 2.97. The van der Waals surface area contributed by atoms with Gasteiger partial charge >= 0.3 is 8.69 Å². The van der Waals surface area contributed by atoms with Gasteiger partial charge in [0.25, 0.3) is 0 Å². The number of benzene rings is 1. The molecule has 82 valence electrons. The molecule has 3 nitrogen and oxygen atoms in total. The minimum Gasteiger partial charge on any atom is -0.396 e. The first-order valence-electron chi connectivity index (χ1n) is 4.23. The smallest absolute Gasteiger partial charge is 0.327 e. The lowest BCUT2D eigenvalue weighted by Gasteiger charge is -2.13. The molecule has 0 aliphatic carbocycles. The van der Waals surface area contributed by atoms with Crippen molar-refractivity contribution in [3.8, 4) is 0 Å². The molecule has 1 atom stereocenters. The molecule has 1 aromatic rings. The van der Waals surface area contributed by atoms with Crippen LogP contribution in [0.4, 0.5) is 4.39 Å². The fourth-order valence-corrected chi connectivity index (χ4v) is 1.70. The quantitative estimate of drug-likeness (QED) is 0.817. The molecule has 1 rings (SSSR count). The number of halogens is 2. The summed E-state index contributed by atoms with van der Waals surface area (Å²) in [6.45, 7) is -0.188. The normalized spacial score (nSPS) is 13.0. The summed E-state index contributed by atoms with van der Waals surface area (Å²) in [4.78, 5) is 0. The maximum atomic E-state index is 13.3. The van der Waals surface area contributed by atoms with E-state index in [9.17, 15) is 8.96 Å². The minimum absolute atomic E-state index is 0.159. The van der Waals surface area contributed by atoms with E-state index in [4.69, 9.17) is 21.2 Å². The molecule has 0 aliphatic rings. The Kier molecular flexibility index (Phi) is 5.12. The van der Waals surface area contributed by atoms with Crippen LogP contribution in [0, 0.1) is 5.82 Å². The van der Waals surface area contributed by atoms with Crippen molar-refractivity contribution in [2.24, 2.45) is 0 Å². The average Bonchev–Trinajstić information content (AvgIpc) is 2.21. The van der Waals surface area contributed by atoms with E-state index in [0.717, 1.165) is 0 Å². The summed E-state index contributed by atoms with van der Waals surface area (Å²) in [7, 11) is -0.558. The number of hydrogen-bond acceptors (Lipinski definition) is 3. The number of hydrogen-bond donors (Lipinski definition) is 1. The zero-order valence-corrected chi connectivity index (χ0v) is 9.34. The zero-order valence-electron chi connectivity index (χ0n) is 7.69. The third-order valence-electron chi connectivity index (χ3n) is 1.87. The zero-order chi connectivity index (χ0) is 11.3. The van der Waals surface area contributed by atoms with Crippen LogP contribution in [0.5, 0.6) is 0 Å². The van der Waals surface area contributed by atoms with Crippen molar-refractivity contribution in [3.05, 3.63) is 34.6 Å². The first-order valence-corrected chi connectivity index (χ1v) is 5.34. The molecular weight excluding hydrogens is 242 g/mol. The Hall–Kier alpha value is -0.540. The molecule has 0 aliphatic heterocycles. The van der Waals surface area contributed by atoms with Crippen molar-refractivity contribution in [2.45, 2.75) is 12.5 Å². The lowest BCUT2D eigenvalue weighted by Crippen LogP contribution is -2.04. The van der Waals surface area contributed by atoms with Crippen molar-refractivity contribution in [1.29, 1.82) is 0 Å². The third-order valence-corrected chi connectivity index (χ3v) is 2.44. The van der Waals surface area contributed by atoms with E-state index >= 15 is 0 Å². The van der Waals surface area contributed by atoms with Gasteiger partial charge in [0, 0.05) is 23.6 Å². The third kappa shape index (κ3) is 3.50. The van der Waals surface area contributed by atoms with Gasteiger partial charge in [0.1, 0.15) is 11.9 Å². The van der Waals surface area contributed by atoms with Gasteiger partial charge < -0.3 is 5.11 Å². The predicted molar refractivity (Wildman–Crippen MR) is 54.5 cm³/mol. The molecule has 0 saturated heterocycles. The number of aliphatic hydroxyl groups is 1. The lowest BCUT2D eigenvalue weighted by atomic mass is 10.1. The van der Waals surface area contributed by atoms with Gasteiger partial charge in [0.05, 0.1) is 0 Å². The van der Waals surface area contributed by atoms with Crippen LogP contribution in [0.3, 0.4) is 0 Å². The van der Waals surface area contributed by atoms with Gasteiger partial charge in [-0.15, -0.1) is 0 Å². The maximum absolute atomic E-state index is 13.3. The van der Waals surface area contributed by atoms with Crippen molar-refractivity contribution in [3.63, 3.8) is 0 Å². The highest BCUT2D eigenvalue weighted by atomic mass is 35.5. The SMILES string of the molecule is O=PO[C@H](CCO)c1cc(Cl)ccc1F. The van der Waals surface area contributed by atoms with Gasteiger partial charge in [0.15, 0.2) is 0 Å². The molecule has 0 bridgehead atoms. The Morgan fingerprint density at radius 1 is 1.60 bits per heavy atom. The molecule has 6 heteroatoms. The molecule has 0 aromatic heterocycles. The lowest BCUT2D eigenvalue weighted by molar-refractivity contribution is 0.167. The van der Waals surface area contributed by atoms with Gasteiger partial charge in [0.2, 0.25) is 0 Å². The van der Waals surface area contributed by atoms with E-state index < -0.39 is 20.6 Å². The monoisotopic (exact) mass is 250 g/mol. The highest BCUT2D eigenvalue weighted by molar-refractivity contribution is 7.17. The summed E-state index contributed by atoms with van der Waals surface area (Å²) in [5, 5.41) is 9.11. The molecule has 1 N–H and O–H groups in total. The number of aliphatic hydroxyl groups excluding tert-OH is 1. The van der Waals surface area contributed by atoms with E-state index in [1.54, 1.807) is 0 Å². The fourth-order valence-electron chi connectivity index (χ4n) is 1.20. The van der Waals surface area contributed by atoms with Gasteiger partial charge in [-0.25, -0.2) is 8.96 Å². The van der Waals surface area contributed by atoms with Crippen LogP contribution < -0.4 is 0 Å². The molecule has 15 heavy (non-hydrogen) atoms. The highest BCUT2D eigenvalue weighted by Crippen LogP contribution is 2.29. The first-order chi connectivity index (χ1) is 7.19. The van der Waals surface area contributed by atoms with E-state index in [-0.39, 0.29) is 18.6 Å². The standard InChI is InChI=1S/C9H9ClFO3P/c10-6-1-2-8(11)7(5-6)9(3-4-12)14-15-13/h1-2,5,9,12H,3-4H2/t9-/m1/s1. The van der Waals surface area contributed by atoms with Crippen LogP contribution in [0.1, 0.15) is 18.1 Å². The molecular formula is C9H9ClFO3P. The predicted octanol–water partition coefficient (Wildman–Crippen LogP) is 3.13. The van der Waals surface area contributed by atoms with Crippen LogP contribution in [0.15, 0.2) is 18.2 Å². The average molecular weight is 251 g/mol. The van der Waals surface area contributed by atoms with Gasteiger partial charge in [-0.1, -0.05) is 11.6 Å².